The Kier molecular flexibility index (Phi) is 3.23. The zero-order valence-corrected chi connectivity index (χ0v) is 9.72. The molecule has 1 aromatic heterocycles. The molecule has 2 rings (SSSR count). The van der Waals surface area contributed by atoms with E-state index in [9.17, 15) is 0 Å². The molecule has 0 spiro atoms. The molecule has 2 N–H and O–H groups in total. The Bertz CT molecular complexity index is 340. The van der Waals surface area contributed by atoms with Crippen molar-refractivity contribution in [2.75, 3.05) is 6.61 Å². The highest BCUT2D eigenvalue weighted by Gasteiger charge is 2.35. The van der Waals surface area contributed by atoms with Gasteiger partial charge in [-0.25, -0.2) is 0 Å². The Morgan fingerprint density at radius 1 is 1.56 bits per heavy atom. The van der Waals surface area contributed by atoms with Gasteiger partial charge in [0, 0.05) is 24.4 Å². The summed E-state index contributed by atoms with van der Waals surface area (Å²) < 4.78 is 11.2. The third kappa shape index (κ3) is 2.78. The summed E-state index contributed by atoms with van der Waals surface area (Å²) in [5.74, 6) is -0.508. The Balaban J connectivity index is 1.92. The predicted octanol–water partition coefficient (Wildman–Crippen LogP) is 1.10. The summed E-state index contributed by atoms with van der Waals surface area (Å²) >= 11 is 0. The largest absolute Gasteiger partial charge is 0.348 e. The molecule has 4 heteroatoms. The van der Waals surface area contributed by atoms with E-state index in [0.29, 0.717) is 13.0 Å². The van der Waals surface area contributed by atoms with Gasteiger partial charge in [0.15, 0.2) is 5.79 Å². The molecular formula is C12H18N2O2. The van der Waals surface area contributed by atoms with Gasteiger partial charge in [0.1, 0.15) is 0 Å². The molecule has 0 bridgehead atoms. The van der Waals surface area contributed by atoms with Crippen LogP contribution in [0.3, 0.4) is 0 Å². The smallest absolute Gasteiger partial charge is 0.163 e. The minimum Gasteiger partial charge on any atom is -0.348 e. The fraction of sp³-hybridized carbons (Fsp3) is 0.583. The molecule has 1 aliphatic rings. The number of hydrogen-bond acceptors (Lipinski definition) is 4. The van der Waals surface area contributed by atoms with Crippen molar-refractivity contribution in [1.82, 2.24) is 4.98 Å². The number of pyridine rings is 1. The SMILES string of the molecule is CC1(C)OC[C@H]([C@@H](N)Cc2ccccn2)O1. The number of nitrogens with two attached hydrogens (primary N) is 1. The lowest BCUT2D eigenvalue weighted by Gasteiger charge is -2.20. The van der Waals surface area contributed by atoms with E-state index in [-0.39, 0.29) is 12.1 Å². The molecule has 88 valence electrons. The molecule has 1 fully saturated rings. The van der Waals surface area contributed by atoms with Crippen LogP contribution in [0.5, 0.6) is 0 Å². The summed E-state index contributed by atoms with van der Waals surface area (Å²) in [5, 5.41) is 0. The van der Waals surface area contributed by atoms with Gasteiger partial charge in [0.25, 0.3) is 0 Å². The second-order valence-electron chi connectivity index (χ2n) is 4.56. The summed E-state index contributed by atoms with van der Waals surface area (Å²) in [6.07, 6.45) is 2.44. The molecule has 0 saturated carbocycles. The van der Waals surface area contributed by atoms with Gasteiger partial charge < -0.3 is 15.2 Å². The molecule has 16 heavy (non-hydrogen) atoms. The standard InChI is InChI=1S/C12H18N2O2/c1-12(2)15-8-11(16-12)10(13)7-9-5-3-4-6-14-9/h3-6,10-11H,7-8,13H2,1-2H3/t10-,11+/m0/s1. The Morgan fingerprint density at radius 2 is 2.38 bits per heavy atom. The van der Waals surface area contributed by atoms with Crippen molar-refractivity contribution < 1.29 is 9.47 Å². The lowest BCUT2D eigenvalue weighted by molar-refractivity contribution is -0.140. The Labute approximate surface area is 95.8 Å². The van der Waals surface area contributed by atoms with Crippen molar-refractivity contribution in [3.05, 3.63) is 30.1 Å². The van der Waals surface area contributed by atoms with Crippen molar-refractivity contribution in [2.45, 2.75) is 38.2 Å². The van der Waals surface area contributed by atoms with Crippen LogP contribution in [0.2, 0.25) is 0 Å². The van der Waals surface area contributed by atoms with Crippen LogP contribution >= 0.6 is 0 Å². The van der Waals surface area contributed by atoms with Gasteiger partial charge in [-0.05, 0) is 26.0 Å². The number of rotatable bonds is 3. The van der Waals surface area contributed by atoms with E-state index in [4.69, 9.17) is 15.2 Å². The molecule has 1 aromatic rings. The third-order valence-corrected chi connectivity index (χ3v) is 2.68. The summed E-state index contributed by atoms with van der Waals surface area (Å²) in [7, 11) is 0. The van der Waals surface area contributed by atoms with Gasteiger partial charge in [-0.1, -0.05) is 6.07 Å². The topological polar surface area (TPSA) is 57.4 Å². The second kappa shape index (κ2) is 4.49. The molecule has 0 unspecified atom stereocenters. The maximum Gasteiger partial charge on any atom is 0.163 e. The zero-order chi connectivity index (χ0) is 11.6. The van der Waals surface area contributed by atoms with E-state index >= 15 is 0 Å². The van der Waals surface area contributed by atoms with Crippen molar-refractivity contribution in [3.63, 3.8) is 0 Å². The van der Waals surface area contributed by atoms with Crippen LogP contribution in [0, 0.1) is 0 Å². The van der Waals surface area contributed by atoms with Crippen LogP contribution in [0.1, 0.15) is 19.5 Å². The van der Waals surface area contributed by atoms with E-state index < -0.39 is 5.79 Å². The molecule has 4 nitrogen and oxygen atoms in total. The first-order chi connectivity index (χ1) is 7.57. The van der Waals surface area contributed by atoms with Gasteiger partial charge in [-0.2, -0.15) is 0 Å². The zero-order valence-electron chi connectivity index (χ0n) is 9.72. The fourth-order valence-electron chi connectivity index (χ4n) is 1.82. The summed E-state index contributed by atoms with van der Waals surface area (Å²) in [6, 6.07) is 5.76. The van der Waals surface area contributed by atoms with Crippen LogP contribution in [-0.2, 0) is 15.9 Å². The molecule has 0 radical (unpaired) electrons. The number of aromatic nitrogens is 1. The molecular weight excluding hydrogens is 204 g/mol. The van der Waals surface area contributed by atoms with Crippen LogP contribution in [0.15, 0.2) is 24.4 Å². The van der Waals surface area contributed by atoms with Gasteiger partial charge in [-0.3, -0.25) is 4.98 Å². The normalized spacial score (nSPS) is 25.6. The lowest BCUT2D eigenvalue weighted by Crippen LogP contribution is -2.39. The number of nitrogens with zero attached hydrogens (tertiary/aromatic N) is 1. The molecule has 0 aromatic carbocycles. The van der Waals surface area contributed by atoms with Crippen LogP contribution in [0.25, 0.3) is 0 Å². The van der Waals surface area contributed by atoms with Crippen molar-refractivity contribution >= 4 is 0 Å². The third-order valence-electron chi connectivity index (χ3n) is 2.68. The Hall–Kier alpha value is -0.970. The summed E-state index contributed by atoms with van der Waals surface area (Å²) in [6.45, 7) is 4.36. The molecule has 1 aliphatic heterocycles. The van der Waals surface area contributed by atoms with Crippen molar-refractivity contribution in [3.8, 4) is 0 Å². The minimum atomic E-state index is -0.508. The highest BCUT2D eigenvalue weighted by Crippen LogP contribution is 2.24. The van der Waals surface area contributed by atoms with E-state index in [0.717, 1.165) is 5.69 Å². The van der Waals surface area contributed by atoms with Crippen LogP contribution in [0.4, 0.5) is 0 Å². The van der Waals surface area contributed by atoms with E-state index in [1.165, 1.54) is 0 Å². The maximum absolute atomic E-state index is 6.09. The van der Waals surface area contributed by atoms with Gasteiger partial charge in [0.2, 0.25) is 0 Å². The second-order valence-corrected chi connectivity index (χ2v) is 4.56. The number of hydrogen-bond donors (Lipinski definition) is 1. The average molecular weight is 222 g/mol. The fourth-order valence-corrected chi connectivity index (χ4v) is 1.82. The maximum atomic E-state index is 6.09. The molecule has 0 amide bonds. The Morgan fingerprint density at radius 3 is 2.94 bits per heavy atom. The van der Waals surface area contributed by atoms with Crippen LogP contribution in [-0.4, -0.2) is 29.5 Å². The lowest BCUT2D eigenvalue weighted by atomic mass is 10.1. The average Bonchev–Trinajstić information content (AvgIpc) is 2.60. The first-order valence-electron chi connectivity index (χ1n) is 5.54. The highest BCUT2D eigenvalue weighted by atomic mass is 16.7. The molecule has 2 heterocycles. The van der Waals surface area contributed by atoms with Crippen LogP contribution < -0.4 is 5.73 Å². The molecule has 1 saturated heterocycles. The van der Waals surface area contributed by atoms with Gasteiger partial charge >= 0.3 is 0 Å². The monoisotopic (exact) mass is 222 g/mol. The quantitative estimate of drug-likeness (QED) is 0.832. The summed E-state index contributed by atoms with van der Waals surface area (Å²) in [4.78, 5) is 4.25. The van der Waals surface area contributed by atoms with Crippen molar-refractivity contribution in [1.29, 1.82) is 0 Å². The van der Waals surface area contributed by atoms with Gasteiger partial charge in [-0.15, -0.1) is 0 Å². The molecule has 0 aliphatic carbocycles. The predicted molar refractivity (Wildman–Crippen MR) is 60.8 cm³/mol. The van der Waals surface area contributed by atoms with E-state index in [1.54, 1.807) is 6.20 Å². The first-order valence-corrected chi connectivity index (χ1v) is 5.54. The van der Waals surface area contributed by atoms with E-state index in [2.05, 4.69) is 4.98 Å². The van der Waals surface area contributed by atoms with Crippen molar-refractivity contribution in [2.24, 2.45) is 5.73 Å². The minimum absolute atomic E-state index is 0.0444. The first kappa shape index (κ1) is 11.5. The van der Waals surface area contributed by atoms with E-state index in [1.807, 2.05) is 32.0 Å². The summed E-state index contributed by atoms with van der Waals surface area (Å²) in [5.41, 5.74) is 7.08. The van der Waals surface area contributed by atoms with Gasteiger partial charge in [0.05, 0.1) is 12.7 Å². The molecule has 2 atom stereocenters. The number of ether oxygens (including phenoxy) is 2. The highest BCUT2D eigenvalue weighted by molar-refractivity contribution is 5.06.